The van der Waals surface area contributed by atoms with Gasteiger partial charge in [0.15, 0.2) is 0 Å². The van der Waals surface area contributed by atoms with Crippen molar-refractivity contribution >= 4 is 22.4 Å². The molecule has 4 heterocycles. The zero-order valence-corrected chi connectivity index (χ0v) is 17.7. The monoisotopic (exact) mass is 412 g/mol. The number of aromatic amines is 1. The average Bonchev–Trinajstić information content (AvgIpc) is 3.41. The van der Waals surface area contributed by atoms with Gasteiger partial charge in [0.05, 0.1) is 25.5 Å². The third-order valence-electron chi connectivity index (χ3n) is 6.31. The molecular weight excluding hydrogens is 384 g/mol. The minimum atomic E-state index is 0.598. The standard InChI is InChI=1S/C22H28N4O2S/c1-2-28-22-25-20(14-29-22)19-13-24-21-18(19)11-16(12-23-21)15-3-5-17(6-4-15)26-7-9-27-10-8-26/h11-15,17H,2-10H2,1H3,(H,23,24). The summed E-state index contributed by atoms with van der Waals surface area (Å²) < 4.78 is 11.1. The lowest BCUT2D eigenvalue weighted by Gasteiger charge is -2.38. The molecule has 29 heavy (non-hydrogen) atoms. The van der Waals surface area contributed by atoms with Gasteiger partial charge in [-0.1, -0.05) is 11.3 Å². The van der Waals surface area contributed by atoms with E-state index in [0.717, 1.165) is 59.8 Å². The number of fused-ring (bicyclic) bond motifs is 1. The number of aromatic nitrogens is 3. The van der Waals surface area contributed by atoms with Crippen molar-refractivity contribution in [2.75, 3.05) is 32.9 Å². The highest BCUT2D eigenvalue weighted by Gasteiger charge is 2.28. The van der Waals surface area contributed by atoms with E-state index in [1.54, 1.807) is 11.3 Å². The largest absolute Gasteiger partial charge is 0.470 e. The maximum absolute atomic E-state index is 5.55. The number of nitrogens with zero attached hydrogens (tertiary/aromatic N) is 3. The van der Waals surface area contributed by atoms with Gasteiger partial charge in [0.2, 0.25) is 0 Å². The lowest BCUT2D eigenvalue weighted by Crippen LogP contribution is -2.44. The van der Waals surface area contributed by atoms with Crippen molar-refractivity contribution in [1.29, 1.82) is 0 Å². The molecule has 0 spiro atoms. The summed E-state index contributed by atoms with van der Waals surface area (Å²) in [6.07, 6.45) is 9.09. The molecule has 0 unspecified atom stereocenters. The van der Waals surface area contributed by atoms with E-state index < -0.39 is 0 Å². The highest BCUT2D eigenvalue weighted by molar-refractivity contribution is 7.11. The van der Waals surface area contributed by atoms with Crippen LogP contribution in [0.2, 0.25) is 0 Å². The van der Waals surface area contributed by atoms with Gasteiger partial charge in [-0.3, -0.25) is 4.90 Å². The molecule has 1 aliphatic carbocycles. The van der Waals surface area contributed by atoms with Crippen molar-refractivity contribution in [2.45, 2.75) is 44.6 Å². The minimum Gasteiger partial charge on any atom is -0.470 e. The van der Waals surface area contributed by atoms with Crippen molar-refractivity contribution in [1.82, 2.24) is 19.9 Å². The first-order valence-corrected chi connectivity index (χ1v) is 11.6. The molecule has 3 aromatic heterocycles. The molecule has 1 N–H and O–H groups in total. The van der Waals surface area contributed by atoms with Crippen LogP contribution in [0.3, 0.4) is 0 Å². The number of ether oxygens (including phenoxy) is 2. The van der Waals surface area contributed by atoms with Gasteiger partial charge < -0.3 is 14.5 Å². The Bertz CT molecular complexity index is 955. The van der Waals surface area contributed by atoms with Crippen molar-refractivity contribution in [2.24, 2.45) is 0 Å². The molecular formula is C22H28N4O2S. The molecule has 1 saturated carbocycles. The van der Waals surface area contributed by atoms with Gasteiger partial charge in [0, 0.05) is 47.9 Å². The molecule has 2 aliphatic rings. The van der Waals surface area contributed by atoms with Gasteiger partial charge in [-0.25, -0.2) is 9.97 Å². The third kappa shape index (κ3) is 3.91. The first-order chi connectivity index (χ1) is 14.3. The number of nitrogens with one attached hydrogen (secondary N) is 1. The number of rotatable bonds is 5. The summed E-state index contributed by atoms with van der Waals surface area (Å²) in [7, 11) is 0. The maximum atomic E-state index is 5.55. The van der Waals surface area contributed by atoms with Crippen molar-refractivity contribution in [3.05, 3.63) is 29.4 Å². The van der Waals surface area contributed by atoms with Crippen LogP contribution in [0, 0.1) is 0 Å². The Morgan fingerprint density at radius 3 is 2.86 bits per heavy atom. The fraction of sp³-hybridized carbons (Fsp3) is 0.545. The average molecular weight is 413 g/mol. The number of thiazole rings is 1. The lowest BCUT2D eigenvalue weighted by atomic mass is 9.81. The first-order valence-electron chi connectivity index (χ1n) is 10.7. The molecule has 1 aliphatic heterocycles. The fourth-order valence-corrected chi connectivity index (χ4v) is 5.47. The summed E-state index contributed by atoms with van der Waals surface area (Å²) in [4.78, 5) is 15.3. The van der Waals surface area contributed by atoms with E-state index in [1.807, 2.05) is 13.1 Å². The first kappa shape index (κ1) is 19.0. The Labute approximate surface area is 175 Å². The van der Waals surface area contributed by atoms with Gasteiger partial charge >= 0.3 is 0 Å². The molecule has 5 rings (SSSR count). The number of pyridine rings is 1. The quantitative estimate of drug-likeness (QED) is 0.671. The van der Waals surface area contributed by atoms with Crippen LogP contribution in [-0.2, 0) is 4.74 Å². The Morgan fingerprint density at radius 2 is 2.07 bits per heavy atom. The van der Waals surface area contributed by atoms with E-state index in [-0.39, 0.29) is 0 Å². The molecule has 3 aromatic rings. The van der Waals surface area contributed by atoms with E-state index >= 15 is 0 Å². The molecule has 7 heteroatoms. The van der Waals surface area contributed by atoms with Crippen LogP contribution in [0.1, 0.15) is 44.1 Å². The summed E-state index contributed by atoms with van der Waals surface area (Å²) >= 11 is 1.55. The van der Waals surface area contributed by atoms with Gasteiger partial charge in [-0.2, -0.15) is 0 Å². The van der Waals surface area contributed by atoms with Gasteiger partial charge in [-0.05, 0) is 50.2 Å². The minimum absolute atomic E-state index is 0.598. The zero-order chi connectivity index (χ0) is 19.6. The van der Waals surface area contributed by atoms with Crippen molar-refractivity contribution in [3.8, 4) is 16.5 Å². The van der Waals surface area contributed by atoms with Crippen LogP contribution in [0.4, 0.5) is 0 Å². The topological polar surface area (TPSA) is 63.3 Å². The number of hydrogen-bond donors (Lipinski definition) is 1. The maximum Gasteiger partial charge on any atom is 0.273 e. The third-order valence-corrected chi connectivity index (χ3v) is 7.06. The van der Waals surface area contributed by atoms with Gasteiger partial charge in [0.25, 0.3) is 5.19 Å². The molecule has 0 radical (unpaired) electrons. The van der Waals surface area contributed by atoms with E-state index in [2.05, 4.69) is 32.5 Å². The van der Waals surface area contributed by atoms with E-state index in [1.165, 1.54) is 31.2 Å². The fourth-order valence-electron chi connectivity index (χ4n) is 4.74. The lowest BCUT2D eigenvalue weighted by molar-refractivity contribution is 0.00729. The van der Waals surface area contributed by atoms with E-state index in [0.29, 0.717) is 12.5 Å². The van der Waals surface area contributed by atoms with Crippen LogP contribution < -0.4 is 4.74 Å². The van der Waals surface area contributed by atoms with Crippen molar-refractivity contribution in [3.63, 3.8) is 0 Å². The molecule has 0 aromatic carbocycles. The van der Waals surface area contributed by atoms with Gasteiger partial charge in [-0.15, -0.1) is 0 Å². The Hall–Kier alpha value is -1.96. The smallest absolute Gasteiger partial charge is 0.273 e. The second-order valence-corrected chi connectivity index (χ2v) is 8.77. The van der Waals surface area contributed by atoms with Crippen LogP contribution >= 0.6 is 11.3 Å². The summed E-state index contributed by atoms with van der Waals surface area (Å²) in [5.74, 6) is 0.598. The van der Waals surface area contributed by atoms with Crippen molar-refractivity contribution < 1.29 is 9.47 Å². The summed E-state index contributed by atoms with van der Waals surface area (Å²) in [5.41, 5.74) is 4.36. The second-order valence-electron chi connectivity index (χ2n) is 7.95. The SMILES string of the molecule is CCOc1nc(-c2c[nH]c3ncc(C4CCC(N5CCOCC5)CC4)cc23)cs1. The zero-order valence-electron chi connectivity index (χ0n) is 16.9. The van der Waals surface area contributed by atoms with Crippen LogP contribution in [0.25, 0.3) is 22.3 Å². The van der Waals surface area contributed by atoms with Crippen LogP contribution in [-0.4, -0.2) is 58.8 Å². The molecule has 2 fully saturated rings. The second kappa shape index (κ2) is 8.42. The predicted octanol–water partition coefficient (Wildman–Crippen LogP) is 4.44. The number of morpholine rings is 1. The summed E-state index contributed by atoms with van der Waals surface area (Å²) in [6, 6.07) is 3.05. The summed E-state index contributed by atoms with van der Waals surface area (Å²) in [5, 5.41) is 3.95. The Kier molecular flexibility index (Phi) is 5.52. The van der Waals surface area contributed by atoms with Gasteiger partial charge in [0.1, 0.15) is 5.65 Å². The number of H-pyrrole nitrogens is 1. The normalized spacial score (nSPS) is 23.5. The van der Waals surface area contributed by atoms with Crippen LogP contribution in [0.15, 0.2) is 23.8 Å². The molecule has 154 valence electrons. The highest BCUT2D eigenvalue weighted by Crippen LogP contribution is 2.37. The molecule has 0 amide bonds. The number of hydrogen-bond acceptors (Lipinski definition) is 6. The molecule has 1 saturated heterocycles. The Balaban J connectivity index is 1.33. The van der Waals surface area contributed by atoms with E-state index in [4.69, 9.17) is 14.5 Å². The molecule has 6 nitrogen and oxygen atoms in total. The summed E-state index contributed by atoms with van der Waals surface area (Å²) in [6.45, 7) is 6.58. The van der Waals surface area contributed by atoms with E-state index in [9.17, 15) is 0 Å². The Morgan fingerprint density at radius 1 is 1.24 bits per heavy atom. The molecule has 0 atom stereocenters. The predicted molar refractivity (Wildman–Crippen MR) is 116 cm³/mol. The highest BCUT2D eigenvalue weighted by atomic mass is 32.1. The van der Waals surface area contributed by atoms with Crippen LogP contribution in [0.5, 0.6) is 5.19 Å². The molecule has 0 bridgehead atoms.